The van der Waals surface area contributed by atoms with Gasteiger partial charge in [0.2, 0.25) is 0 Å². The summed E-state index contributed by atoms with van der Waals surface area (Å²) in [4.78, 5) is 13.3. The second-order valence-electron chi connectivity index (χ2n) is 5.02. The summed E-state index contributed by atoms with van der Waals surface area (Å²) in [5.41, 5.74) is 1.43. The first-order valence-corrected chi connectivity index (χ1v) is 7.20. The van der Waals surface area contributed by atoms with Crippen LogP contribution in [0, 0.1) is 5.92 Å². The molecule has 110 valence electrons. The third-order valence-electron chi connectivity index (χ3n) is 3.65. The SMILES string of the molecule is CC(=O)c1ccc(N2CCC(C(F)(F)F)CC2)cc1Br. The highest BCUT2D eigenvalue weighted by molar-refractivity contribution is 9.10. The second kappa shape index (κ2) is 5.76. The maximum absolute atomic E-state index is 12.6. The van der Waals surface area contributed by atoms with Crippen molar-refractivity contribution in [1.29, 1.82) is 0 Å². The molecule has 0 radical (unpaired) electrons. The van der Waals surface area contributed by atoms with E-state index < -0.39 is 12.1 Å². The molecule has 0 saturated carbocycles. The van der Waals surface area contributed by atoms with Crippen molar-refractivity contribution in [1.82, 2.24) is 0 Å². The number of piperidine rings is 1. The van der Waals surface area contributed by atoms with Crippen LogP contribution in [-0.4, -0.2) is 25.0 Å². The molecule has 1 fully saturated rings. The molecule has 1 aliphatic rings. The molecular formula is C14H15BrF3NO. The van der Waals surface area contributed by atoms with Crippen molar-refractivity contribution in [3.8, 4) is 0 Å². The highest BCUT2D eigenvalue weighted by atomic mass is 79.9. The maximum Gasteiger partial charge on any atom is 0.391 e. The van der Waals surface area contributed by atoms with Crippen molar-refractivity contribution < 1.29 is 18.0 Å². The topological polar surface area (TPSA) is 20.3 Å². The fourth-order valence-electron chi connectivity index (χ4n) is 2.45. The number of alkyl halides is 3. The zero-order chi connectivity index (χ0) is 14.9. The van der Waals surface area contributed by atoms with Crippen LogP contribution in [0.15, 0.2) is 22.7 Å². The fourth-order valence-corrected chi connectivity index (χ4v) is 3.10. The van der Waals surface area contributed by atoms with Crippen molar-refractivity contribution in [3.63, 3.8) is 0 Å². The number of anilines is 1. The lowest BCUT2D eigenvalue weighted by molar-refractivity contribution is -0.179. The predicted molar refractivity (Wildman–Crippen MR) is 75.1 cm³/mol. The van der Waals surface area contributed by atoms with Gasteiger partial charge in [-0.2, -0.15) is 13.2 Å². The predicted octanol–water partition coefficient (Wildman–Crippen LogP) is 4.43. The number of nitrogens with zero attached hydrogens (tertiary/aromatic N) is 1. The van der Waals surface area contributed by atoms with Crippen LogP contribution in [0.3, 0.4) is 0 Å². The van der Waals surface area contributed by atoms with Crippen molar-refractivity contribution in [2.45, 2.75) is 25.9 Å². The standard InChI is InChI=1S/C14H15BrF3NO/c1-9(20)12-3-2-11(8-13(12)15)19-6-4-10(5-7-19)14(16,17)18/h2-3,8,10H,4-7H2,1H3. The van der Waals surface area contributed by atoms with Crippen LogP contribution in [0.5, 0.6) is 0 Å². The summed E-state index contributed by atoms with van der Waals surface area (Å²) in [6.45, 7) is 2.25. The van der Waals surface area contributed by atoms with E-state index in [4.69, 9.17) is 0 Å². The van der Waals surface area contributed by atoms with E-state index in [2.05, 4.69) is 15.9 Å². The molecule has 1 saturated heterocycles. The summed E-state index contributed by atoms with van der Waals surface area (Å²) < 4.78 is 38.5. The summed E-state index contributed by atoms with van der Waals surface area (Å²) in [5, 5.41) is 0. The molecule has 0 unspecified atom stereocenters. The van der Waals surface area contributed by atoms with Crippen LogP contribution >= 0.6 is 15.9 Å². The highest BCUT2D eigenvalue weighted by Crippen LogP contribution is 2.36. The van der Waals surface area contributed by atoms with Crippen LogP contribution in [0.1, 0.15) is 30.1 Å². The van der Waals surface area contributed by atoms with Crippen molar-refractivity contribution in [3.05, 3.63) is 28.2 Å². The van der Waals surface area contributed by atoms with E-state index >= 15 is 0 Å². The summed E-state index contributed by atoms with van der Waals surface area (Å²) >= 11 is 3.33. The molecule has 0 amide bonds. The lowest BCUT2D eigenvalue weighted by atomic mass is 9.96. The van der Waals surface area contributed by atoms with Crippen molar-refractivity contribution in [2.75, 3.05) is 18.0 Å². The number of benzene rings is 1. The minimum Gasteiger partial charge on any atom is -0.371 e. The number of halogens is 4. The number of carbonyl (C=O) groups excluding carboxylic acids is 1. The summed E-state index contributed by atoms with van der Waals surface area (Å²) in [5.74, 6) is -1.24. The highest BCUT2D eigenvalue weighted by Gasteiger charge is 2.41. The Hall–Kier alpha value is -1.04. The number of carbonyl (C=O) groups is 1. The summed E-state index contributed by atoms with van der Waals surface area (Å²) in [6, 6.07) is 5.29. The van der Waals surface area contributed by atoms with E-state index in [0.717, 1.165) is 5.69 Å². The van der Waals surface area contributed by atoms with E-state index in [-0.39, 0.29) is 18.6 Å². The zero-order valence-electron chi connectivity index (χ0n) is 11.0. The molecule has 0 aromatic heterocycles. The lowest BCUT2D eigenvalue weighted by Crippen LogP contribution is -2.39. The maximum atomic E-state index is 12.6. The largest absolute Gasteiger partial charge is 0.391 e. The molecule has 0 atom stereocenters. The average Bonchev–Trinajstić information content (AvgIpc) is 2.37. The first-order chi connectivity index (χ1) is 9.29. The quantitative estimate of drug-likeness (QED) is 0.736. The van der Waals surface area contributed by atoms with Crippen LogP contribution in [0.25, 0.3) is 0 Å². The number of hydrogen-bond donors (Lipinski definition) is 0. The Bertz CT molecular complexity index is 508. The van der Waals surface area contributed by atoms with Crippen LogP contribution in [0.4, 0.5) is 18.9 Å². The van der Waals surface area contributed by atoms with Gasteiger partial charge < -0.3 is 4.90 Å². The van der Waals surface area contributed by atoms with E-state index in [9.17, 15) is 18.0 Å². The lowest BCUT2D eigenvalue weighted by Gasteiger charge is -2.34. The molecule has 6 heteroatoms. The molecule has 20 heavy (non-hydrogen) atoms. The minimum atomic E-state index is -4.09. The van der Waals surface area contributed by atoms with Gasteiger partial charge in [-0.05, 0) is 53.9 Å². The Morgan fingerprint density at radius 2 is 1.90 bits per heavy atom. The van der Waals surface area contributed by atoms with Crippen molar-refractivity contribution >= 4 is 27.4 Å². The van der Waals surface area contributed by atoms with Gasteiger partial charge in [0.1, 0.15) is 0 Å². The van der Waals surface area contributed by atoms with E-state index in [0.29, 0.717) is 23.1 Å². The Morgan fingerprint density at radius 1 is 1.30 bits per heavy atom. The van der Waals surface area contributed by atoms with Gasteiger partial charge in [0.05, 0.1) is 5.92 Å². The third kappa shape index (κ3) is 3.34. The Balaban J connectivity index is 2.08. The molecule has 1 aromatic carbocycles. The van der Waals surface area contributed by atoms with Crippen LogP contribution in [-0.2, 0) is 0 Å². The molecule has 0 bridgehead atoms. The van der Waals surface area contributed by atoms with Gasteiger partial charge in [0.15, 0.2) is 5.78 Å². The van der Waals surface area contributed by atoms with Crippen molar-refractivity contribution in [2.24, 2.45) is 5.92 Å². The van der Waals surface area contributed by atoms with E-state index in [1.807, 2.05) is 4.90 Å². The van der Waals surface area contributed by atoms with E-state index in [1.165, 1.54) is 6.92 Å². The molecule has 0 N–H and O–H groups in total. The van der Waals surface area contributed by atoms with Gasteiger partial charge in [0, 0.05) is 28.8 Å². The smallest absolute Gasteiger partial charge is 0.371 e. The van der Waals surface area contributed by atoms with Gasteiger partial charge in [0.25, 0.3) is 0 Å². The average molecular weight is 350 g/mol. The molecule has 1 aromatic rings. The van der Waals surface area contributed by atoms with Crippen LogP contribution < -0.4 is 4.90 Å². The Morgan fingerprint density at radius 3 is 2.35 bits per heavy atom. The first kappa shape index (κ1) is 15.4. The van der Waals surface area contributed by atoms with Gasteiger partial charge >= 0.3 is 6.18 Å². The summed E-state index contributed by atoms with van der Waals surface area (Å²) in [6.07, 6.45) is -3.85. The minimum absolute atomic E-state index is 0.0424. The van der Waals surface area contributed by atoms with Gasteiger partial charge in [-0.3, -0.25) is 4.79 Å². The Labute approximate surface area is 124 Å². The molecule has 1 aliphatic heterocycles. The molecule has 0 spiro atoms. The number of ketones is 1. The number of rotatable bonds is 2. The zero-order valence-corrected chi connectivity index (χ0v) is 12.6. The molecular weight excluding hydrogens is 335 g/mol. The molecule has 2 rings (SSSR count). The molecule has 2 nitrogen and oxygen atoms in total. The molecule has 0 aliphatic carbocycles. The Kier molecular flexibility index (Phi) is 4.42. The summed E-state index contributed by atoms with van der Waals surface area (Å²) in [7, 11) is 0. The third-order valence-corrected chi connectivity index (χ3v) is 4.31. The number of hydrogen-bond acceptors (Lipinski definition) is 2. The number of Topliss-reactive ketones (excluding diaryl/α,β-unsaturated/α-hetero) is 1. The normalized spacial score (nSPS) is 17.4. The van der Waals surface area contributed by atoms with Gasteiger partial charge in [-0.1, -0.05) is 0 Å². The van der Waals surface area contributed by atoms with Gasteiger partial charge in [-0.25, -0.2) is 0 Å². The fraction of sp³-hybridized carbons (Fsp3) is 0.500. The van der Waals surface area contributed by atoms with E-state index in [1.54, 1.807) is 18.2 Å². The van der Waals surface area contributed by atoms with Gasteiger partial charge in [-0.15, -0.1) is 0 Å². The molecule has 1 heterocycles. The first-order valence-electron chi connectivity index (χ1n) is 6.41. The second-order valence-corrected chi connectivity index (χ2v) is 5.88. The monoisotopic (exact) mass is 349 g/mol. The van der Waals surface area contributed by atoms with Crippen LogP contribution in [0.2, 0.25) is 0 Å².